The van der Waals surface area contributed by atoms with Crippen LogP contribution in [0.2, 0.25) is 0 Å². The maximum atomic E-state index is 13.0. The van der Waals surface area contributed by atoms with Crippen LogP contribution in [0.1, 0.15) is 42.2 Å². The average molecular weight is 405 g/mol. The molecule has 29 heavy (non-hydrogen) atoms. The van der Waals surface area contributed by atoms with E-state index in [-0.39, 0.29) is 12.1 Å². The van der Waals surface area contributed by atoms with Crippen LogP contribution in [0.25, 0.3) is 0 Å². The molecule has 0 amide bonds. The highest BCUT2D eigenvalue weighted by atomic mass is 19.4. The van der Waals surface area contributed by atoms with Crippen LogP contribution in [0.5, 0.6) is 0 Å². The first-order chi connectivity index (χ1) is 13.9. The second-order valence-corrected chi connectivity index (χ2v) is 7.19. The first-order valence-electron chi connectivity index (χ1n) is 9.69. The van der Waals surface area contributed by atoms with Gasteiger partial charge in [0.15, 0.2) is 5.96 Å². The summed E-state index contributed by atoms with van der Waals surface area (Å²) in [7, 11) is 1.65. The number of nitrogens with one attached hydrogen (secondary N) is 2. The number of hydrogen-bond donors (Lipinski definition) is 2. The molecule has 1 aliphatic rings. The number of ether oxygens (including phenoxy) is 1. The van der Waals surface area contributed by atoms with Gasteiger partial charge in [-0.25, -0.2) is 0 Å². The second kappa shape index (κ2) is 9.31. The zero-order valence-electron chi connectivity index (χ0n) is 16.5. The van der Waals surface area contributed by atoms with Crippen LogP contribution in [0.4, 0.5) is 13.2 Å². The average Bonchev–Trinajstić information content (AvgIpc) is 3.19. The highest BCUT2D eigenvalue weighted by Crippen LogP contribution is 2.34. The Bertz CT molecular complexity index is 824. The van der Waals surface area contributed by atoms with E-state index >= 15 is 0 Å². The van der Waals surface area contributed by atoms with Crippen molar-refractivity contribution in [2.24, 2.45) is 10.9 Å². The van der Waals surface area contributed by atoms with Crippen LogP contribution in [-0.2, 0) is 10.9 Å². The topological polar surface area (TPSA) is 45.7 Å². The van der Waals surface area contributed by atoms with Gasteiger partial charge in [0, 0.05) is 26.1 Å². The molecular formula is C22H26F3N3O. The molecule has 3 unspecified atom stereocenters. The van der Waals surface area contributed by atoms with Crippen molar-refractivity contribution >= 4 is 5.96 Å². The fourth-order valence-electron chi connectivity index (χ4n) is 3.55. The van der Waals surface area contributed by atoms with Crippen LogP contribution in [0, 0.1) is 5.92 Å². The number of alkyl halides is 3. The molecule has 1 aliphatic heterocycles. The molecule has 0 radical (unpaired) electrons. The van der Waals surface area contributed by atoms with E-state index in [1.165, 1.54) is 12.1 Å². The largest absolute Gasteiger partial charge is 0.416 e. The standard InChI is InChI=1S/C22H26F3N3O/c1-15(17-9-6-10-19(13-17)22(23,24)25)28-21(26-2)27-14-18-11-12-29-20(18)16-7-4-3-5-8-16/h3-10,13,15,18,20H,11-12,14H2,1-2H3,(H2,26,27,28). The van der Waals surface area contributed by atoms with Gasteiger partial charge in [-0.1, -0.05) is 42.5 Å². The zero-order valence-corrected chi connectivity index (χ0v) is 16.5. The molecule has 4 nitrogen and oxygen atoms in total. The van der Waals surface area contributed by atoms with Crippen molar-refractivity contribution < 1.29 is 17.9 Å². The molecular weight excluding hydrogens is 379 g/mol. The van der Waals surface area contributed by atoms with Gasteiger partial charge < -0.3 is 15.4 Å². The minimum absolute atomic E-state index is 0.0303. The monoisotopic (exact) mass is 405 g/mol. The number of benzene rings is 2. The zero-order chi connectivity index (χ0) is 20.9. The molecule has 0 aliphatic carbocycles. The highest BCUT2D eigenvalue weighted by Gasteiger charge is 2.31. The van der Waals surface area contributed by atoms with Crippen LogP contribution < -0.4 is 10.6 Å². The molecule has 2 aromatic rings. The molecule has 7 heteroatoms. The molecule has 3 atom stereocenters. The lowest BCUT2D eigenvalue weighted by Crippen LogP contribution is -2.41. The van der Waals surface area contributed by atoms with Gasteiger partial charge in [-0.3, -0.25) is 4.99 Å². The van der Waals surface area contributed by atoms with Gasteiger partial charge in [0.1, 0.15) is 0 Å². The predicted molar refractivity (Wildman–Crippen MR) is 108 cm³/mol. The van der Waals surface area contributed by atoms with Crippen LogP contribution >= 0.6 is 0 Å². The molecule has 2 aromatic carbocycles. The predicted octanol–water partition coefficient (Wildman–Crippen LogP) is 4.71. The minimum Gasteiger partial charge on any atom is -0.373 e. The van der Waals surface area contributed by atoms with Crippen LogP contribution in [-0.4, -0.2) is 26.2 Å². The van der Waals surface area contributed by atoms with Crippen molar-refractivity contribution in [1.29, 1.82) is 0 Å². The normalized spacial score (nSPS) is 21.1. The maximum Gasteiger partial charge on any atom is 0.416 e. The molecule has 1 saturated heterocycles. The number of aliphatic imine (C=N–C) groups is 1. The Labute approximate surface area is 169 Å². The summed E-state index contributed by atoms with van der Waals surface area (Å²) >= 11 is 0. The van der Waals surface area contributed by atoms with Gasteiger partial charge in [-0.15, -0.1) is 0 Å². The minimum atomic E-state index is -4.36. The van der Waals surface area contributed by atoms with Gasteiger partial charge in [-0.05, 0) is 36.6 Å². The first kappa shape index (κ1) is 21.2. The lowest BCUT2D eigenvalue weighted by Gasteiger charge is -2.23. The molecule has 0 aromatic heterocycles. The van der Waals surface area contributed by atoms with Crippen LogP contribution in [0.15, 0.2) is 59.6 Å². The van der Waals surface area contributed by atoms with Gasteiger partial charge in [0.05, 0.1) is 17.7 Å². The van der Waals surface area contributed by atoms with E-state index in [9.17, 15) is 13.2 Å². The van der Waals surface area contributed by atoms with Crippen molar-refractivity contribution in [3.8, 4) is 0 Å². The quantitative estimate of drug-likeness (QED) is 0.559. The van der Waals surface area contributed by atoms with Crippen molar-refractivity contribution in [1.82, 2.24) is 10.6 Å². The molecule has 3 rings (SSSR count). The lowest BCUT2D eigenvalue weighted by atomic mass is 9.95. The van der Waals surface area contributed by atoms with Crippen LogP contribution in [0.3, 0.4) is 0 Å². The number of hydrogen-bond acceptors (Lipinski definition) is 2. The second-order valence-electron chi connectivity index (χ2n) is 7.19. The summed E-state index contributed by atoms with van der Waals surface area (Å²) in [5.74, 6) is 0.841. The summed E-state index contributed by atoms with van der Waals surface area (Å²) in [6.07, 6.45) is -3.39. The smallest absolute Gasteiger partial charge is 0.373 e. The van der Waals surface area contributed by atoms with Crippen molar-refractivity contribution in [3.05, 3.63) is 71.3 Å². The summed E-state index contributed by atoms with van der Waals surface area (Å²) < 4.78 is 44.8. The SMILES string of the molecule is CN=C(NCC1CCOC1c1ccccc1)NC(C)c1cccc(C(F)(F)F)c1. The number of rotatable bonds is 5. The summed E-state index contributed by atoms with van der Waals surface area (Å²) in [4.78, 5) is 4.21. The highest BCUT2D eigenvalue weighted by molar-refractivity contribution is 5.80. The van der Waals surface area contributed by atoms with Crippen molar-refractivity contribution in [3.63, 3.8) is 0 Å². The van der Waals surface area contributed by atoms with E-state index in [1.807, 2.05) is 25.1 Å². The van der Waals surface area contributed by atoms with Gasteiger partial charge in [0.2, 0.25) is 0 Å². The molecule has 1 heterocycles. The van der Waals surface area contributed by atoms with Gasteiger partial charge in [0.25, 0.3) is 0 Å². The molecule has 0 saturated carbocycles. The Balaban J connectivity index is 1.59. The first-order valence-corrected chi connectivity index (χ1v) is 9.69. The van der Waals surface area contributed by atoms with Crippen molar-refractivity contribution in [2.75, 3.05) is 20.2 Å². The van der Waals surface area contributed by atoms with E-state index in [0.717, 1.165) is 18.1 Å². The fraction of sp³-hybridized carbons (Fsp3) is 0.409. The fourth-order valence-corrected chi connectivity index (χ4v) is 3.55. The van der Waals surface area contributed by atoms with E-state index in [4.69, 9.17) is 4.74 Å². The summed E-state index contributed by atoms with van der Waals surface area (Å²) in [5.41, 5.74) is 1.05. The van der Waals surface area contributed by atoms with Gasteiger partial charge >= 0.3 is 6.18 Å². The van der Waals surface area contributed by atoms with E-state index in [0.29, 0.717) is 30.6 Å². The van der Waals surface area contributed by atoms with E-state index in [1.54, 1.807) is 13.1 Å². The molecule has 0 spiro atoms. The number of guanidine groups is 1. The number of halogens is 3. The molecule has 0 bridgehead atoms. The molecule has 1 fully saturated rings. The Morgan fingerprint density at radius 1 is 1.17 bits per heavy atom. The lowest BCUT2D eigenvalue weighted by molar-refractivity contribution is -0.137. The Morgan fingerprint density at radius 3 is 2.62 bits per heavy atom. The number of nitrogens with zero attached hydrogens (tertiary/aromatic N) is 1. The Kier molecular flexibility index (Phi) is 6.79. The summed E-state index contributed by atoms with van der Waals surface area (Å²) in [6.45, 7) is 3.18. The van der Waals surface area contributed by atoms with E-state index in [2.05, 4.69) is 27.8 Å². The van der Waals surface area contributed by atoms with Gasteiger partial charge in [-0.2, -0.15) is 13.2 Å². The Morgan fingerprint density at radius 2 is 1.93 bits per heavy atom. The third-order valence-corrected chi connectivity index (χ3v) is 5.16. The third-order valence-electron chi connectivity index (χ3n) is 5.16. The van der Waals surface area contributed by atoms with Crippen molar-refractivity contribution in [2.45, 2.75) is 31.7 Å². The maximum absolute atomic E-state index is 13.0. The Hall–Kier alpha value is -2.54. The molecule has 2 N–H and O–H groups in total. The van der Waals surface area contributed by atoms with E-state index < -0.39 is 11.7 Å². The summed E-state index contributed by atoms with van der Waals surface area (Å²) in [5, 5.41) is 6.46. The summed E-state index contributed by atoms with van der Waals surface area (Å²) in [6, 6.07) is 15.1. The molecule has 156 valence electrons. The third kappa shape index (κ3) is 5.50.